The van der Waals surface area contributed by atoms with E-state index in [0.29, 0.717) is 29.0 Å². The van der Waals surface area contributed by atoms with Gasteiger partial charge in [-0.15, -0.1) is 0 Å². The SMILES string of the molecule is C[C@@H](Nc1ncnc2c1cc(OC1CCN(C)C1)c(=O)n2C)c1cc(N)cc(C(F)(F)F)c1. The number of benzene rings is 1. The number of likely N-dealkylation sites (N-methyl/N-ethyl adjacent to an activating group) is 1. The molecule has 0 radical (unpaired) electrons. The Kier molecular flexibility index (Phi) is 5.91. The van der Waals surface area contributed by atoms with Gasteiger partial charge in [0.15, 0.2) is 5.75 Å². The standard InChI is InChI=1S/C22H25F3N6O2/c1-12(13-6-14(22(23,24)25)8-15(26)7-13)29-19-17-9-18(33-16-4-5-30(2)10-16)21(32)31(3)20(17)28-11-27-19/h6-9,11-12,16H,4-5,10,26H2,1-3H3,(H,27,28,29)/t12-,16?/m1/s1. The number of hydrogen-bond acceptors (Lipinski definition) is 7. The number of likely N-dealkylation sites (tertiary alicyclic amines) is 1. The zero-order valence-corrected chi connectivity index (χ0v) is 18.5. The molecular weight excluding hydrogens is 437 g/mol. The number of nitrogens with one attached hydrogen (secondary N) is 1. The van der Waals surface area contributed by atoms with Gasteiger partial charge < -0.3 is 20.7 Å². The Balaban J connectivity index is 1.69. The predicted octanol–water partition coefficient (Wildman–Crippen LogP) is 3.19. The van der Waals surface area contributed by atoms with Crippen LogP contribution in [-0.4, -0.2) is 45.7 Å². The second kappa shape index (κ2) is 8.54. The monoisotopic (exact) mass is 462 g/mol. The van der Waals surface area contributed by atoms with Gasteiger partial charge in [0.05, 0.1) is 17.0 Å². The molecule has 8 nitrogen and oxygen atoms in total. The van der Waals surface area contributed by atoms with Crippen LogP contribution in [0.4, 0.5) is 24.7 Å². The number of pyridine rings is 1. The van der Waals surface area contributed by atoms with Crippen molar-refractivity contribution in [1.82, 2.24) is 19.4 Å². The summed E-state index contributed by atoms with van der Waals surface area (Å²) in [7, 11) is 3.58. The minimum absolute atomic E-state index is 0.0145. The number of aryl methyl sites for hydroxylation is 1. The van der Waals surface area contributed by atoms with Crippen LogP contribution in [0.25, 0.3) is 11.0 Å². The molecule has 1 fully saturated rings. The number of aromatic nitrogens is 3. The number of hydrogen-bond donors (Lipinski definition) is 2. The van der Waals surface area contributed by atoms with Crippen LogP contribution in [0, 0.1) is 0 Å². The molecule has 11 heteroatoms. The number of nitrogens with zero attached hydrogens (tertiary/aromatic N) is 4. The van der Waals surface area contributed by atoms with E-state index in [1.54, 1.807) is 20.0 Å². The lowest BCUT2D eigenvalue weighted by Gasteiger charge is -2.19. The minimum atomic E-state index is -4.51. The molecule has 1 saturated heterocycles. The molecule has 4 rings (SSSR count). The van der Waals surface area contributed by atoms with Gasteiger partial charge in [0, 0.05) is 31.9 Å². The van der Waals surface area contributed by atoms with Crippen molar-refractivity contribution < 1.29 is 17.9 Å². The molecule has 33 heavy (non-hydrogen) atoms. The van der Waals surface area contributed by atoms with E-state index in [1.807, 2.05) is 7.05 Å². The van der Waals surface area contributed by atoms with Crippen molar-refractivity contribution in [3.8, 4) is 5.75 Å². The first kappa shape index (κ1) is 22.8. The molecule has 0 amide bonds. The Labute approximate surface area is 188 Å². The zero-order valence-electron chi connectivity index (χ0n) is 18.5. The largest absolute Gasteiger partial charge is 0.483 e. The number of anilines is 2. The topological polar surface area (TPSA) is 98.3 Å². The summed E-state index contributed by atoms with van der Waals surface area (Å²) < 4.78 is 47.0. The number of nitrogens with two attached hydrogens (primary N) is 1. The third kappa shape index (κ3) is 4.72. The van der Waals surface area contributed by atoms with Crippen LogP contribution in [0.3, 0.4) is 0 Å². The van der Waals surface area contributed by atoms with Crippen LogP contribution in [-0.2, 0) is 13.2 Å². The van der Waals surface area contributed by atoms with Crippen LogP contribution >= 0.6 is 0 Å². The molecule has 1 aliphatic rings. The van der Waals surface area contributed by atoms with Crippen LogP contribution in [0.15, 0.2) is 35.4 Å². The molecule has 1 aromatic carbocycles. The molecule has 3 aromatic rings. The maximum Gasteiger partial charge on any atom is 0.416 e. The Morgan fingerprint density at radius 1 is 1.21 bits per heavy atom. The van der Waals surface area contributed by atoms with Crippen molar-refractivity contribution in [3.05, 3.63) is 52.1 Å². The van der Waals surface area contributed by atoms with Crippen molar-refractivity contribution in [1.29, 1.82) is 0 Å². The normalized spacial score (nSPS) is 17.9. The van der Waals surface area contributed by atoms with Crippen molar-refractivity contribution in [2.24, 2.45) is 7.05 Å². The third-order valence-corrected chi connectivity index (χ3v) is 5.77. The van der Waals surface area contributed by atoms with Crippen molar-refractivity contribution >= 4 is 22.5 Å². The van der Waals surface area contributed by atoms with E-state index < -0.39 is 17.8 Å². The second-order valence-corrected chi connectivity index (χ2v) is 8.38. The zero-order chi connectivity index (χ0) is 23.9. The van der Waals surface area contributed by atoms with Crippen molar-refractivity contribution in [2.75, 3.05) is 31.2 Å². The quantitative estimate of drug-likeness (QED) is 0.562. The van der Waals surface area contributed by atoms with E-state index in [1.165, 1.54) is 17.0 Å². The van der Waals surface area contributed by atoms with Crippen LogP contribution < -0.4 is 21.3 Å². The molecule has 1 unspecified atom stereocenters. The van der Waals surface area contributed by atoms with Crippen LogP contribution in [0.2, 0.25) is 0 Å². The van der Waals surface area contributed by atoms with Crippen LogP contribution in [0.5, 0.6) is 5.75 Å². The van der Waals surface area contributed by atoms with Crippen molar-refractivity contribution in [2.45, 2.75) is 31.7 Å². The number of halogens is 3. The molecule has 0 aliphatic carbocycles. The fourth-order valence-electron chi connectivity index (χ4n) is 3.99. The van der Waals surface area contributed by atoms with Gasteiger partial charge in [0.25, 0.3) is 5.56 Å². The molecular formula is C22H25F3N6O2. The predicted molar refractivity (Wildman–Crippen MR) is 119 cm³/mol. The summed E-state index contributed by atoms with van der Waals surface area (Å²) in [5.41, 5.74) is 5.31. The average Bonchev–Trinajstić information content (AvgIpc) is 3.16. The summed E-state index contributed by atoms with van der Waals surface area (Å²) in [6.45, 7) is 3.30. The van der Waals surface area contributed by atoms with E-state index in [9.17, 15) is 18.0 Å². The van der Waals surface area contributed by atoms with Gasteiger partial charge in [-0.3, -0.25) is 9.36 Å². The van der Waals surface area contributed by atoms with E-state index >= 15 is 0 Å². The summed E-state index contributed by atoms with van der Waals surface area (Å²) >= 11 is 0. The molecule has 3 N–H and O–H groups in total. The van der Waals surface area contributed by atoms with Gasteiger partial charge in [-0.25, -0.2) is 9.97 Å². The first-order valence-corrected chi connectivity index (χ1v) is 10.5. The van der Waals surface area contributed by atoms with Crippen molar-refractivity contribution in [3.63, 3.8) is 0 Å². The third-order valence-electron chi connectivity index (χ3n) is 5.77. The summed E-state index contributed by atoms with van der Waals surface area (Å²) in [5.74, 6) is 0.548. The average molecular weight is 462 g/mol. The first-order chi connectivity index (χ1) is 15.5. The van der Waals surface area contributed by atoms with E-state index in [0.717, 1.165) is 25.1 Å². The highest BCUT2D eigenvalue weighted by Gasteiger charge is 2.31. The van der Waals surface area contributed by atoms with E-state index in [-0.39, 0.29) is 23.1 Å². The number of ether oxygens (including phenoxy) is 1. The maximum absolute atomic E-state index is 13.2. The first-order valence-electron chi connectivity index (χ1n) is 10.5. The number of fused-ring (bicyclic) bond motifs is 1. The molecule has 3 heterocycles. The summed E-state index contributed by atoms with van der Waals surface area (Å²) in [4.78, 5) is 23.4. The number of rotatable bonds is 5. The lowest BCUT2D eigenvalue weighted by molar-refractivity contribution is -0.137. The van der Waals surface area contributed by atoms with Gasteiger partial charge in [-0.2, -0.15) is 13.2 Å². The highest BCUT2D eigenvalue weighted by atomic mass is 19.4. The minimum Gasteiger partial charge on any atom is -0.483 e. The Hall–Kier alpha value is -3.34. The molecule has 0 spiro atoms. The molecule has 2 atom stereocenters. The molecule has 176 valence electrons. The molecule has 0 bridgehead atoms. The lowest BCUT2D eigenvalue weighted by Crippen LogP contribution is -2.27. The lowest BCUT2D eigenvalue weighted by atomic mass is 10.0. The van der Waals surface area contributed by atoms with E-state index in [2.05, 4.69) is 20.2 Å². The second-order valence-electron chi connectivity index (χ2n) is 8.38. The highest BCUT2D eigenvalue weighted by Crippen LogP contribution is 2.34. The fraction of sp³-hybridized carbons (Fsp3) is 0.409. The smallest absolute Gasteiger partial charge is 0.416 e. The summed E-state index contributed by atoms with van der Waals surface area (Å²) in [6.07, 6.45) is -2.51. The van der Waals surface area contributed by atoms with Gasteiger partial charge >= 0.3 is 6.18 Å². The van der Waals surface area contributed by atoms with Gasteiger partial charge in [-0.1, -0.05) is 0 Å². The molecule has 1 aliphatic heterocycles. The highest BCUT2D eigenvalue weighted by molar-refractivity contribution is 5.87. The van der Waals surface area contributed by atoms with Crippen LogP contribution in [0.1, 0.15) is 30.5 Å². The summed E-state index contributed by atoms with van der Waals surface area (Å²) in [5, 5.41) is 3.65. The Morgan fingerprint density at radius 2 is 1.97 bits per heavy atom. The van der Waals surface area contributed by atoms with E-state index in [4.69, 9.17) is 10.5 Å². The number of nitrogen functional groups attached to an aromatic ring is 1. The Bertz CT molecular complexity index is 1240. The molecule has 0 saturated carbocycles. The Morgan fingerprint density at radius 3 is 2.64 bits per heavy atom. The summed E-state index contributed by atoms with van der Waals surface area (Å²) in [6, 6.07) is 4.47. The fourth-order valence-corrected chi connectivity index (χ4v) is 3.99. The van der Waals surface area contributed by atoms with Gasteiger partial charge in [0.1, 0.15) is 23.9 Å². The van der Waals surface area contributed by atoms with Gasteiger partial charge in [0.2, 0.25) is 0 Å². The number of alkyl halides is 3. The van der Waals surface area contributed by atoms with Gasteiger partial charge in [-0.05, 0) is 44.2 Å². The molecule has 2 aromatic heterocycles. The maximum atomic E-state index is 13.2.